The lowest BCUT2D eigenvalue weighted by Gasteiger charge is -2.28. The summed E-state index contributed by atoms with van der Waals surface area (Å²) in [6.45, 7) is 2.82. The van der Waals surface area contributed by atoms with E-state index in [1.807, 2.05) is 42.5 Å². The van der Waals surface area contributed by atoms with Crippen LogP contribution in [0.1, 0.15) is 43.4 Å². The van der Waals surface area contributed by atoms with E-state index in [1.165, 1.54) is 4.88 Å². The fraction of sp³-hybridized carbons (Fsp3) is 0.381. The Morgan fingerprint density at radius 2 is 2.08 bits per heavy atom. The number of hydrogen-bond donors (Lipinski definition) is 1. The minimum atomic E-state index is -0.388. The Morgan fingerprint density at radius 3 is 2.81 bits per heavy atom. The van der Waals surface area contributed by atoms with Crippen LogP contribution in [0, 0.1) is 0 Å². The topological polar surface area (TPSA) is 47.6 Å². The first-order chi connectivity index (χ1) is 12.8. The molecule has 1 amide bonds. The van der Waals surface area contributed by atoms with Crippen LogP contribution in [0.2, 0.25) is 0 Å². The Kier molecular flexibility index (Phi) is 6.86. The third-order valence-electron chi connectivity index (χ3n) is 4.27. The molecular formula is C21H25NO3S. The van der Waals surface area contributed by atoms with Crippen molar-refractivity contribution in [2.75, 3.05) is 11.9 Å². The molecule has 1 aromatic carbocycles. The summed E-state index contributed by atoms with van der Waals surface area (Å²) in [5.74, 6) is 0.232. The summed E-state index contributed by atoms with van der Waals surface area (Å²) < 4.78 is 11.8. The van der Waals surface area contributed by atoms with Gasteiger partial charge in [0, 0.05) is 22.9 Å². The molecule has 0 unspecified atom stereocenters. The number of carbonyl (C=O) groups excluding carboxylic acids is 1. The van der Waals surface area contributed by atoms with Crippen molar-refractivity contribution in [3.05, 3.63) is 64.6 Å². The SMILES string of the molecule is CCCCCO[C@H]1C[C@@H](c2cccs2)C=C(C(=O)Nc2ccccc2)O1. The van der Waals surface area contributed by atoms with Gasteiger partial charge in [0.25, 0.3) is 5.91 Å². The highest BCUT2D eigenvalue weighted by molar-refractivity contribution is 7.10. The number of para-hydroxylation sites is 1. The number of allylic oxidation sites excluding steroid dienone is 1. The molecule has 1 N–H and O–H groups in total. The molecule has 0 saturated carbocycles. The molecule has 2 heterocycles. The molecule has 0 spiro atoms. The zero-order valence-corrected chi connectivity index (χ0v) is 15.8. The highest BCUT2D eigenvalue weighted by atomic mass is 32.1. The van der Waals surface area contributed by atoms with Gasteiger partial charge in [-0.05, 0) is 36.1 Å². The first-order valence-electron chi connectivity index (χ1n) is 9.16. The van der Waals surface area contributed by atoms with Crippen molar-refractivity contribution in [2.45, 2.75) is 44.8 Å². The number of benzene rings is 1. The number of ether oxygens (including phenoxy) is 2. The van der Waals surface area contributed by atoms with Crippen molar-refractivity contribution < 1.29 is 14.3 Å². The van der Waals surface area contributed by atoms with Gasteiger partial charge in [-0.2, -0.15) is 0 Å². The van der Waals surface area contributed by atoms with Gasteiger partial charge < -0.3 is 14.8 Å². The van der Waals surface area contributed by atoms with E-state index >= 15 is 0 Å². The average molecular weight is 372 g/mol. The Labute approximate surface area is 158 Å². The van der Waals surface area contributed by atoms with Gasteiger partial charge in [-0.1, -0.05) is 44.0 Å². The van der Waals surface area contributed by atoms with Crippen LogP contribution in [-0.4, -0.2) is 18.8 Å². The van der Waals surface area contributed by atoms with E-state index in [2.05, 4.69) is 23.7 Å². The molecule has 0 aliphatic carbocycles. The van der Waals surface area contributed by atoms with Crippen molar-refractivity contribution in [1.29, 1.82) is 0 Å². The third kappa shape index (κ3) is 5.19. The predicted molar refractivity (Wildman–Crippen MR) is 105 cm³/mol. The minimum Gasteiger partial charge on any atom is -0.459 e. The van der Waals surface area contributed by atoms with Gasteiger partial charge in [0.05, 0.1) is 6.61 Å². The summed E-state index contributed by atoms with van der Waals surface area (Å²) in [7, 11) is 0. The summed E-state index contributed by atoms with van der Waals surface area (Å²) in [6.07, 6.45) is 5.55. The summed E-state index contributed by atoms with van der Waals surface area (Å²) in [5.41, 5.74) is 0.751. The fourth-order valence-corrected chi connectivity index (χ4v) is 3.71. The molecule has 1 aliphatic heterocycles. The zero-order chi connectivity index (χ0) is 18.2. The van der Waals surface area contributed by atoms with Gasteiger partial charge in [0.2, 0.25) is 6.29 Å². The molecule has 0 saturated heterocycles. The first-order valence-corrected chi connectivity index (χ1v) is 10.0. The average Bonchev–Trinajstić information content (AvgIpc) is 3.21. The second-order valence-corrected chi connectivity index (χ2v) is 7.31. The van der Waals surface area contributed by atoms with Crippen LogP contribution in [0.3, 0.4) is 0 Å². The van der Waals surface area contributed by atoms with E-state index in [-0.39, 0.29) is 18.1 Å². The molecule has 138 valence electrons. The van der Waals surface area contributed by atoms with Crippen LogP contribution in [0.4, 0.5) is 5.69 Å². The van der Waals surface area contributed by atoms with E-state index in [1.54, 1.807) is 11.3 Å². The van der Waals surface area contributed by atoms with Crippen LogP contribution in [-0.2, 0) is 14.3 Å². The highest BCUT2D eigenvalue weighted by Crippen LogP contribution is 2.34. The van der Waals surface area contributed by atoms with Crippen molar-refractivity contribution in [1.82, 2.24) is 0 Å². The molecule has 2 aromatic rings. The first kappa shape index (κ1) is 18.7. The normalized spacial score (nSPS) is 19.5. The van der Waals surface area contributed by atoms with E-state index in [4.69, 9.17) is 9.47 Å². The maximum absolute atomic E-state index is 12.6. The number of anilines is 1. The molecule has 0 bridgehead atoms. The number of hydrogen-bond acceptors (Lipinski definition) is 4. The van der Waals surface area contributed by atoms with Gasteiger partial charge in [-0.15, -0.1) is 11.3 Å². The van der Waals surface area contributed by atoms with E-state index in [0.29, 0.717) is 12.4 Å². The molecule has 4 nitrogen and oxygen atoms in total. The minimum absolute atomic E-state index is 0.136. The maximum Gasteiger partial charge on any atom is 0.290 e. The van der Waals surface area contributed by atoms with E-state index in [0.717, 1.165) is 31.4 Å². The van der Waals surface area contributed by atoms with Crippen LogP contribution >= 0.6 is 11.3 Å². The van der Waals surface area contributed by atoms with Gasteiger partial charge in [-0.25, -0.2) is 0 Å². The molecular weight excluding hydrogens is 346 g/mol. The summed E-state index contributed by atoms with van der Waals surface area (Å²) in [6, 6.07) is 13.5. The Bertz CT molecular complexity index is 712. The quantitative estimate of drug-likeness (QED) is 0.640. The summed E-state index contributed by atoms with van der Waals surface area (Å²) >= 11 is 1.69. The lowest BCUT2D eigenvalue weighted by atomic mass is 9.99. The van der Waals surface area contributed by atoms with Gasteiger partial charge >= 0.3 is 0 Å². The lowest BCUT2D eigenvalue weighted by molar-refractivity contribution is -0.143. The third-order valence-corrected chi connectivity index (χ3v) is 5.28. The van der Waals surface area contributed by atoms with Crippen molar-refractivity contribution >= 4 is 22.9 Å². The largest absolute Gasteiger partial charge is 0.459 e. The van der Waals surface area contributed by atoms with Crippen LogP contribution < -0.4 is 5.32 Å². The van der Waals surface area contributed by atoms with Gasteiger partial charge in [0.1, 0.15) is 0 Å². The highest BCUT2D eigenvalue weighted by Gasteiger charge is 2.29. The molecule has 0 fully saturated rings. The monoisotopic (exact) mass is 371 g/mol. The standard InChI is InChI=1S/C21H25NO3S/c1-2-3-7-12-24-20-15-16(19-11-8-13-26-19)14-18(25-20)21(23)22-17-9-5-4-6-10-17/h4-6,8-11,13-14,16,20H,2-3,7,12,15H2,1H3,(H,22,23)/t16-,20+/m0/s1. The second kappa shape index (κ2) is 9.55. The smallest absolute Gasteiger partial charge is 0.290 e. The molecule has 1 aliphatic rings. The van der Waals surface area contributed by atoms with E-state index < -0.39 is 0 Å². The maximum atomic E-state index is 12.6. The van der Waals surface area contributed by atoms with Crippen LogP contribution in [0.5, 0.6) is 0 Å². The fourth-order valence-electron chi connectivity index (χ4n) is 2.90. The number of carbonyl (C=O) groups is 1. The molecule has 1 aromatic heterocycles. The van der Waals surface area contributed by atoms with Gasteiger partial charge in [0.15, 0.2) is 5.76 Å². The zero-order valence-electron chi connectivity index (χ0n) is 15.0. The van der Waals surface area contributed by atoms with Crippen molar-refractivity contribution in [3.63, 3.8) is 0 Å². The number of rotatable bonds is 8. The lowest BCUT2D eigenvalue weighted by Crippen LogP contribution is -2.29. The van der Waals surface area contributed by atoms with Gasteiger partial charge in [-0.3, -0.25) is 4.79 Å². The Balaban J connectivity index is 1.69. The number of amides is 1. The molecule has 5 heteroatoms. The predicted octanol–water partition coefficient (Wildman–Crippen LogP) is 5.31. The van der Waals surface area contributed by atoms with Crippen LogP contribution in [0.25, 0.3) is 0 Å². The Hall–Kier alpha value is -2.11. The van der Waals surface area contributed by atoms with E-state index in [9.17, 15) is 4.79 Å². The van der Waals surface area contributed by atoms with Crippen molar-refractivity contribution in [3.8, 4) is 0 Å². The number of thiophene rings is 1. The van der Waals surface area contributed by atoms with Crippen LogP contribution in [0.15, 0.2) is 59.7 Å². The summed E-state index contributed by atoms with van der Waals surface area (Å²) in [5, 5.41) is 4.95. The molecule has 3 rings (SSSR count). The van der Waals surface area contributed by atoms with Crippen molar-refractivity contribution in [2.24, 2.45) is 0 Å². The second-order valence-electron chi connectivity index (χ2n) is 6.33. The molecule has 26 heavy (non-hydrogen) atoms. The molecule has 0 radical (unpaired) electrons. The Morgan fingerprint density at radius 1 is 1.23 bits per heavy atom. The number of nitrogens with one attached hydrogen (secondary N) is 1. The number of unbranched alkanes of at least 4 members (excludes halogenated alkanes) is 2. The molecule has 2 atom stereocenters. The summed E-state index contributed by atoms with van der Waals surface area (Å²) in [4.78, 5) is 13.9.